The lowest BCUT2D eigenvalue weighted by Gasteiger charge is -2.21. The van der Waals surface area contributed by atoms with E-state index in [0.717, 1.165) is 53.4 Å². The molecule has 0 aliphatic heterocycles. The summed E-state index contributed by atoms with van der Waals surface area (Å²) in [4.78, 5) is 14.8. The number of hydrogen-bond acceptors (Lipinski definition) is 5. The molecule has 160 valence electrons. The average molecular weight is 427 g/mol. The Bertz CT molecular complexity index is 947. The van der Waals surface area contributed by atoms with E-state index in [1.54, 1.807) is 0 Å². The van der Waals surface area contributed by atoms with Crippen molar-refractivity contribution in [2.24, 2.45) is 12.0 Å². The third kappa shape index (κ3) is 5.85. The predicted octanol–water partition coefficient (Wildman–Crippen LogP) is 2.84. The third-order valence-corrected chi connectivity index (χ3v) is 5.52. The molecule has 3 aromatic rings. The Kier molecular flexibility index (Phi) is 7.89. The summed E-state index contributed by atoms with van der Waals surface area (Å²) < 4.78 is 1.97. The van der Waals surface area contributed by atoms with Crippen LogP contribution < -0.4 is 5.32 Å². The summed E-state index contributed by atoms with van der Waals surface area (Å²) in [6.45, 7) is 3.91. The smallest absolute Gasteiger partial charge is 0.194 e. The second-order valence-corrected chi connectivity index (χ2v) is 8.09. The van der Waals surface area contributed by atoms with Crippen molar-refractivity contribution in [2.45, 2.75) is 26.4 Å². The second kappa shape index (κ2) is 10.8. The first-order valence-electron chi connectivity index (χ1n) is 10.0. The van der Waals surface area contributed by atoms with Crippen LogP contribution >= 0.6 is 11.8 Å². The van der Waals surface area contributed by atoms with Gasteiger partial charge in [0.15, 0.2) is 11.8 Å². The highest BCUT2D eigenvalue weighted by Crippen LogP contribution is 2.16. The molecule has 0 amide bonds. The van der Waals surface area contributed by atoms with Gasteiger partial charge in [0.25, 0.3) is 0 Å². The maximum atomic E-state index is 4.79. The zero-order valence-corrected chi connectivity index (χ0v) is 18.9. The number of aliphatic imine (C=N–C) groups is 1. The van der Waals surface area contributed by atoms with Crippen LogP contribution in [0.1, 0.15) is 23.9 Å². The number of rotatable bonds is 9. The van der Waals surface area contributed by atoms with Crippen LogP contribution in [0, 0.1) is 6.92 Å². The Hall–Kier alpha value is -2.81. The van der Waals surface area contributed by atoms with Gasteiger partial charge in [-0.15, -0.1) is 10.2 Å². The molecule has 0 unspecified atom stereocenters. The van der Waals surface area contributed by atoms with E-state index in [1.165, 1.54) is 0 Å². The zero-order valence-electron chi connectivity index (χ0n) is 18.1. The minimum absolute atomic E-state index is 0.472. The van der Waals surface area contributed by atoms with E-state index in [2.05, 4.69) is 48.8 Å². The number of thioether (sulfide) groups is 1. The molecule has 0 spiro atoms. The largest absolute Gasteiger partial charge is 0.356 e. The van der Waals surface area contributed by atoms with E-state index in [0.29, 0.717) is 13.1 Å². The molecule has 2 N–H and O–H groups in total. The molecule has 3 rings (SSSR count). The van der Waals surface area contributed by atoms with Gasteiger partial charge in [0.1, 0.15) is 18.2 Å². The van der Waals surface area contributed by atoms with Crippen LogP contribution in [0.25, 0.3) is 11.3 Å². The second-order valence-electron chi connectivity index (χ2n) is 7.10. The molecular formula is C21H30N8S. The van der Waals surface area contributed by atoms with E-state index in [-0.39, 0.29) is 0 Å². The SMILES string of the molecule is CSCCCNC(=NCc1nnc(C)n1C)N(C)Cc1ncc(-c2ccccc2)[nH]1. The van der Waals surface area contributed by atoms with E-state index in [4.69, 9.17) is 4.99 Å². The van der Waals surface area contributed by atoms with Gasteiger partial charge in [0.05, 0.1) is 18.4 Å². The van der Waals surface area contributed by atoms with Crippen LogP contribution in [-0.2, 0) is 20.1 Å². The number of benzene rings is 1. The van der Waals surface area contributed by atoms with Gasteiger partial charge in [-0.05, 0) is 30.9 Å². The van der Waals surface area contributed by atoms with Crippen LogP contribution in [-0.4, -0.2) is 61.2 Å². The van der Waals surface area contributed by atoms with E-state index in [9.17, 15) is 0 Å². The molecule has 0 aliphatic rings. The maximum Gasteiger partial charge on any atom is 0.194 e. The van der Waals surface area contributed by atoms with Gasteiger partial charge in [0.2, 0.25) is 0 Å². The third-order valence-electron chi connectivity index (χ3n) is 4.82. The lowest BCUT2D eigenvalue weighted by atomic mass is 10.2. The summed E-state index contributed by atoms with van der Waals surface area (Å²) in [6, 6.07) is 10.2. The van der Waals surface area contributed by atoms with Crippen molar-refractivity contribution in [3.63, 3.8) is 0 Å². The number of H-pyrrole nitrogens is 1. The molecule has 9 heteroatoms. The molecule has 0 radical (unpaired) electrons. The van der Waals surface area contributed by atoms with Gasteiger partial charge in [-0.3, -0.25) is 0 Å². The molecule has 30 heavy (non-hydrogen) atoms. The van der Waals surface area contributed by atoms with Gasteiger partial charge in [-0.25, -0.2) is 9.98 Å². The predicted molar refractivity (Wildman–Crippen MR) is 123 cm³/mol. The van der Waals surface area contributed by atoms with Crippen molar-refractivity contribution in [2.75, 3.05) is 25.6 Å². The minimum atomic E-state index is 0.472. The summed E-state index contributed by atoms with van der Waals surface area (Å²) in [5, 5.41) is 11.8. The van der Waals surface area contributed by atoms with Crippen molar-refractivity contribution < 1.29 is 0 Å². The van der Waals surface area contributed by atoms with Crippen molar-refractivity contribution in [1.82, 2.24) is 34.9 Å². The number of nitrogens with zero attached hydrogens (tertiary/aromatic N) is 6. The highest BCUT2D eigenvalue weighted by Gasteiger charge is 2.12. The highest BCUT2D eigenvalue weighted by molar-refractivity contribution is 7.98. The van der Waals surface area contributed by atoms with Crippen LogP contribution in [0.2, 0.25) is 0 Å². The van der Waals surface area contributed by atoms with Crippen molar-refractivity contribution >= 4 is 17.7 Å². The molecule has 2 aromatic heterocycles. The molecule has 0 bridgehead atoms. The fourth-order valence-electron chi connectivity index (χ4n) is 2.97. The first-order chi connectivity index (χ1) is 14.6. The molecule has 8 nitrogen and oxygen atoms in total. The van der Waals surface area contributed by atoms with Crippen LogP contribution in [0.5, 0.6) is 0 Å². The van der Waals surface area contributed by atoms with Gasteiger partial charge in [-0.1, -0.05) is 30.3 Å². The lowest BCUT2D eigenvalue weighted by Crippen LogP contribution is -2.39. The number of aromatic nitrogens is 5. The summed E-state index contributed by atoms with van der Waals surface area (Å²) in [6.07, 6.45) is 5.08. The van der Waals surface area contributed by atoms with Gasteiger partial charge in [-0.2, -0.15) is 11.8 Å². The van der Waals surface area contributed by atoms with E-state index >= 15 is 0 Å². The Morgan fingerprint density at radius 3 is 2.77 bits per heavy atom. The number of aromatic amines is 1. The number of hydrogen-bond donors (Lipinski definition) is 2. The number of aryl methyl sites for hydroxylation is 1. The van der Waals surface area contributed by atoms with E-state index < -0.39 is 0 Å². The molecule has 1 aromatic carbocycles. The average Bonchev–Trinajstić information content (AvgIpc) is 3.35. The normalized spacial score (nSPS) is 11.7. The first kappa shape index (κ1) is 21.9. The number of guanidine groups is 1. The van der Waals surface area contributed by atoms with E-state index in [1.807, 2.05) is 61.7 Å². The van der Waals surface area contributed by atoms with Crippen molar-refractivity contribution in [1.29, 1.82) is 0 Å². The van der Waals surface area contributed by atoms with Crippen molar-refractivity contribution in [3.05, 3.63) is 54.0 Å². The molecule has 0 saturated heterocycles. The standard InChI is InChI=1S/C21H30N8S/c1-16-26-27-20(29(16)3)14-24-21(22-11-8-12-30-4)28(2)15-19-23-13-18(25-19)17-9-6-5-7-10-17/h5-7,9-10,13H,8,11-12,14-15H2,1-4H3,(H,22,24)(H,23,25). The summed E-state index contributed by atoms with van der Waals surface area (Å²) in [7, 11) is 3.98. The highest BCUT2D eigenvalue weighted by atomic mass is 32.2. The minimum Gasteiger partial charge on any atom is -0.356 e. The lowest BCUT2D eigenvalue weighted by molar-refractivity contribution is 0.461. The van der Waals surface area contributed by atoms with Crippen LogP contribution in [0.15, 0.2) is 41.5 Å². The summed E-state index contributed by atoms with van der Waals surface area (Å²) in [5.41, 5.74) is 2.14. The van der Waals surface area contributed by atoms with Crippen LogP contribution in [0.3, 0.4) is 0 Å². The van der Waals surface area contributed by atoms with Crippen molar-refractivity contribution in [3.8, 4) is 11.3 Å². The molecule has 0 aliphatic carbocycles. The molecule has 0 atom stereocenters. The fraction of sp³-hybridized carbons (Fsp3) is 0.429. The number of nitrogens with one attached hydrogen (secondary N) is 2. The molecule has 0 saturated carbocycles. The topological polar surface area (TPSA) is 87.0 Å². The van der Waals surface area contributed by atoms with Gasteiger partial charge < -0.3 is 19.8 Å². The maximum absolute atomic E-state index is 4.79. The Labute approximate surface area is 182 Å². The van der Waals surface area contributed by atoms with Gasteiger partial charge in [0, 0.05) is 20.6 Å². The van der Waals surface area contributed by atoms with Crippen LogP contribution in [0.4, 0.5) is 0 Å². The quantitative estimate of drug-likeness (QED) is 0.311. The Morgan fingerprint density at radius 2 is 2.07 bits per heavy atom. The monoisotopic (exact) mass is 426 g/mol. The summed E-state index contributed by atoms with van der Waals surface area (Å²) in [5.74, 6) is 4.56. The number of imidazole rings is 1. The first-order valence-corrected chi connectivity index (χ1v) is 11.4. The Morgan fingerprint density at radius 1 is 1.27 bits per heavy atom. The molecule has 2 heterocycles. The fourth-order valence-corrected chi connectivity index (χ4v) is 3.40. The zero-order chi connectivity index (χ0) is 21.3. The Balaban J connectivity index is 1.69. The molecular weight excluding hydrogens is 396 g/mol. The summed E-state index contributed by atoms with van der Waals surface area (Å²) >= 11 is 1.85. The van der Waals surface area contributed by atoms with Gasteiger partial charge >= 0.3 is 0 Å². The molecule has 0 fully saturated rings.